The number of amides is 1. The molecule has 1 aromatic carbocycles. The molecule has 1 fully saturated rings. The molecule has 1 saturated heterocycles. The second kappa shape index (κ2) is 5.69. The van der Waals surface area contributed by atoms with E-state index in [2.05, 4.69) is 4.90 Å². The lowest BCUT2D eigenvalue weighted by Gasteiger charge is -2.39. The molecule has 5 heteroatoms. The summed E-state index contributed by atoms with van der Waals surface area (Å²) in [6.45, 7) is 1.77. The lowest BCUT2D eigenvalue weighted by atomic mass is 10.0. The predicted octanol–water partition coefficient (Wildman–Crippen LogP) is 2.55. The van der Waals surface area contributed by atoms with Crippen LogP contribution in [0.4, 0.5) is 4.39 Å². The van der Waals surface area contributed by atoms with E-state index in [9.17, 15) is 9.18 Å². The number of likely N-dealkylation sites (N-methyl/N-ethyl adjacent to an activating group) is 1. The van der Waals surface area contributed by atoms with Crippen LogP contribution in [0.5, 0.6) is 0 Å². The van der Waals surface area contributed by atoms with Crippen molar-refractivity contribution in [3.05, 3.63) is 59.8 Å². The Hall–Kier alpha value is -2.14. The molecule has 2 heterocycles. The maximum Gasteiger partial charge on any atom is 0.289 e. The number of piperazine rings is 1. The molecule has 2 aromatic rings. The first-order valence-electron chi connectivity index (χ1n) is 6.94. The van der Waals surface area contributed by atoms with Crippen molar-refractivity contribution in [1.82, 2.24) is 9.80 Å². The van der Waals surface area contributed by atoms with Crippen molar-refractivity contribution in [3.63, 3.8) is 0 Å². The number of hydrogen-bond donors (Lipinski definition) is 0. The van der Waals surface area contributed by atoms with E-state index < -0.39 is 0 Å². The van der Waals surface area contributed by atoms with Crippen LogP contribution in [0.1, 0.15) is 22.2 Å². The molecule has 1 aliphatic heterocycles. The van der Waals surface area contributed by atoms with Crippen LogP contribution >= 0.6 is 0 Å². The van der Waals surface area contributed by atoms with Gasteiger partial charge in [0.05, 0.1) is 12.3 Å². The Kier molecular flexibility index (Phi) is 3.75. The quantitative estimate of drug-likeness (QED) is 0.852. The molecule has 110 valence electrons. The van der Waals surface area contributed by atoms with Crippen molar-refractivity contribution in [1.29, 1.82) is 0 Å². The summed E-state index contributed by atoms with van der Waals surface area (Å²) < 4.78 is 19.2. The molecule has 0 aliphatic carbocycles. The van der Waals surface area contributed by atoms with Crippen LogP contribution in [0.25, 0.3) is 0 Å². The number of carbonyl (C=O) groups excluding carboxylic acids is 1. The Morgan fingerprint density at radius 2 is 2.05 bits per heavy atom. The van der Waals surface area contributed by atoms with Gasteiger partial charge in [0, 0.05) is 25.2 Å². The molecule has 0 spiro atoms. The highest BCUT2D eigenvalue weighted by molar-refractivity contribution is 5.91. The molecule has 3 rings (SSSR count). The summed E-state index contributed by atoms with van der Waals surface area (Å²) in [6, 6.07) is 9.93. The molecule has 21 heavy (non-hydrogen) atoms. The Morgan fingerprint density at radius 1 is 1.24 bits per heavy atom. The van der Waals surface area contributed by atoms with Gasteiger partial charge < -0.3 is 9.32 Å². The average molecular weight is 288 g/mol. The van der Waals surface area contributed by atoms with E-state index in [1.165, 1.54) is 12.3 Å². The Labute approximate surface area is 122 Å². The summed E-state index contributed by atoms with van der Waals surface area (Å²) in [5.74, 6) is -0.0528. The zero-order valence-corrected chi connectivity index (χ0v) is 11.8. The summed E-state index contributed by atoms with van der Waals surface area (Å²) in [5.41, 5.74) is 0.622. The van der Waals surface area contributed by atoms with Crippen LogP contribution in [0.2, 0.25) is 0 Å². The molecular formula is C16H17FN2O2. The number of hydrogen-bond acceptors (Lipinski definition) is 3. The number of rotatable bonds is 2. The van der Waals surface area contributed by atoms with E-state index in [4.69, 9.17) is 4.42 Å². The van der Waals surface area contributed by atoms with Gasteiger partial charge in [-0.25, -0.2) is 4.39 Å². The third kappa shape index (κ3) is 2.69. The van der Waals surface area contributed by atoms with Crippen LogP contribution in [-0.2, 0) is 0 Å². The highest BCUT2D eigenvalue weighted by Crippen LogP contribution is 2.26. The lowest BCUT2D eigenvalue weighted by Crippen LogP contribution is -2.49. The van der Waals surface area contributed by atoms with Gasteiger partial charge in [-0.3, -0.25) is 9.69 Å². The first-order chi connectivity index (χ1) is 10.2. The lowest BCUT2D eigenvalue weighted by molar-refractivity contribution is 0.0512. The molecule has 0 radical (unpaired) electrons. The molecule has 4 nitrogen and oxygen atoms in total. The second-order valence-corrected chi connectivity index (χ2v) is 5.25. The van der Waals surface area contributed by atoms with E-state index >= 15 is 0 Å². The highest BCUT2D eigenvalue weighted by atomic mass is 19.1. The van der Waals surface area contributed by atoms with Crippen molar-refractivity contribution in [2.75, 3.05) is 26.7 Å². The van der Waals surface area contributed by atoms with Crippen molar-refractivity contribution in [3.8, 4) is 0 Å². The zero-order valence-electron chi connectivity index (χ0n) is 11.8. The van der Waals surface area contributed by atoms with Crippen molar-refractivity contribution in [2.45, 2.75) is 6.04 Å². The Morgan fingerprint density at radius 3 is 2.76 bits per heavy atom. The second-order valence-electron chi connectivity index (χ2n) is 5.25. The van der Waals surface area contributed by atoms with Gasteiger partial charge >= 0.3 is 0 Å². The molecule has 1 unspecified atom stereocenters. The number of furan rings is 1. The fourth-order valence-electron chi connectivity index (χ4n) is 2.70. The number of nitrogens with zero attached hydrogens (tertiary/aromatic N) is 2. The Balaban J connectivity index is 1.82. The topological polar surface area (TPSA) is 36.7 Å². The third-order valence-corrected chi connectivity index (χ3v) is 3.93. The van der Waals surface area contributed by atoms with Crippen molar-refractivity contribution in [2.24, 2.45) is 0 Å². The van der Waals surface area contributed by atoms with Crippen LogP contribution in [0.3, 0.4) is 0 Å². The van der Waals surface area contributed by atoms with Gasteiger partial charge in [0.25, 0.3) is 5.91 Å². The number of halogens is 1. The molecule has 0 saturated carbocycles. The molecule has 1 atom stereocenters. The summed E-state index contributed by atoms with van der Waals surface area (Å²) in [5, 5.41) is 0. The summed E-state index contributed by atoms with van der Waals surface area (Å²) >= 11 is 0. The van der Waals surface area contributed by atoms with Crippen LogP contribution in [-0.4, -0.2) is 42.4 Å². The van der Waals surface area contributed by atoms with E-state index in [1.54, 1.807) is 29.2 Å². The van der Waals surface area contributed by atoms with Gasteiger partial charge in [0.15, 0.2) is 5.76 Å². The fraction of sp³-hybridized carbons (Fsp3) is 0.312. The summed E-state index contributed by atoms with van der Waals surface area (Å²) in [6.07, 6.45) is 1.48. The monoisotopic (exact) mass is 288 g/mol. The normalized spacial score (nSPS) is 19.7. The molecule has 1 aliphatic rings. The molecule has 0 N–H and O–H groups in total. The van der Waals surface area contributed by atoms with Crippen LogP contribution in [0, 0.1) is 5.82 Å². The summed E-state index contributed by atoms with van der Waals surface area (Å²) in [7, 11) is 1.95. The summed E-state index contributed by atoms with van der Waals surface area (Å²) in [4.78, 5) is 16.1. The maximum absolute atomic E-state index is 14.0. The number of benzene rings is 1. The van der Waals surface area contributed by atoms with E-state index in [1.807, 2.05) is 13.1 Å². The standard InChI is InChI=1S/C16H17FN2O2/c1-18-8-9-19(16(20)15-7-4-10-21-15)11-14(18)12-5-2-3-6-13(12)17/h2-7,10,14H,8-9,11H2,1H3. The van der Waals surface area contributed by atoms with Gasteiger partial charge in [-0.2, -0.15) is 0 Å². The minimum atomic E-state index is -0.235. The Bertz CT molecular complexity index is 627. The molecular weight excluding hydrogens is 271 g/mol. The van der Waals surface area contributed by atoms with Crippen LogP contribution in [0.15, 0.2) is 47.1 Å². The van der Waals surface area contributed by atoms with E-state index in [0.29, 0.717) is 31.0 Å². The molecule has 1 aromatic heterocycles. The maximum atomic E-state index is 14.0. The van der Waals surface area contributed by atoms with Gasteiger partial charge in [-0.05, 0) is 25.2 Å². The van der Waals surface area contributed by atoms with Crippen molar-refractivity contribution < 1.29 is 13.6 Å². The molecule has 0 bridgehead atoms. The molecule has 1 amide bonds. The van der Waals surface area contributed by atoms with E-state index in [-0.39, 0.29) is 17.8 Å². The van der Waals surface area contributed by atoms with Gasteiger partial charge in [0.2, 0.25) is 0 Å². The zero-order chi connectivity index (χ0) is 14.8. The average Bonchev–Trinajstić information content (AvgIpc) is 3.02. The minimum Gasteiger partial charge on any atom is -0.459 e. The van der Waals surface area contributed by atoms with Crippen molar-refractivity contribution >= 4 is 5.91 Å². The van der Waals surface area contributed by atoms with Gasteiger partial charge in [0.1, 0.15) is 5.82 Å². The first kappa shape index (κ1) is 13.8. The van der Waals surface area contributed by atoms with E-state index in [0.717, 1.165) is 0 Å². The largest absolute Gasteiger partial charge is 0.459 e. The highest BCUT2D eigenvalue weighted by Gasteiger charge is 2.31. The first-order valence-corrected chi connectivity index (χ1v) is 6.94. The van der Waals surface area contributed by atoms with Gasteiger partial charge in [-0.15, -0.1) is 0 Å². The third-order valence-electron chi connectivity index (χ3n) is 3.93. The SMILES string of the molecule is CN1CCN(C(=O)c2ccco2)CC1c1ccccc1F. The predicted molar refractivity (Wildman–Crippen MR) is 76.4 cm³/mol. The minimum absolute atomic E-state index is 0.140. The van der Waals surface area contributed by atoms with Gasteiger partial charge in [-0.1, -0.05) is 18.2 Å². The smallest absolute Gasteiger partial charge is 0.289 e. The van der Waals surface area contributed by atoms with Crippen LogP contribution < -0.4 is 0 Å². The number of carbonyl (C=O) groups is 1. The fourth-order valence-corrected chi connectivity index (χ4v) is 2.70.